The average Bonchev–Trinajstić information content (AvgIpc) is 2.89. The van der Waals surface area contributed by atoms with Crippen LogP contribution in [0.5, 0.6) is 0 Å². The Morgan fingerprint density at radius 3 is 2.80 bits per heavy atom. The van der Waals surface area contributed by atoms with Crippen molar-refractivity contribution in [2.45, 2.75) is 13.5 Å². The number of hydrogen-bond acceptors (Lipinski definition) is 3. The molecule has 104 valence electrons. The predicted molar refractivity (Wildman–Crippen MR) is 72.6 cm³/mol. The van der Waals surface area contributed by atoms with Gasteiger partial charge in [-0.1, -0.05) is 0 Å². The number of nitrogens with zero attached hydrogens (tertiary/aromatic N) is 1. The zero-order valence-corrected chi connectivity index (χ0v) is 10.8. The molecule has 0 unspecified atom stereocenters. The lowest BCUT2D eigenvalue weighted by Crippen LogP contribution is -2.28. The lowest BCUT2D eigenvalue weighted by molar-refractivity contribution is 0.0696. The Morgan fingerprint density at radius 1 is 1.40 bits per heavy atom. The highest BCUT2D eigenvalue weighted by molar-refractivity contribution is 5.92. The number of aryl methyl sites for hydroxylation is 1. The van der Waals surface area contributed by atoms with Gasteiger partial charge in [-0.15, -0.1) is 0 Å². The monoisotopic (exact) mass is 274 g/mol. The van der Waals surface area contributed by atoms with Crippen LogP contribution in [0.15, 0.2) is 30.6 Å². The van der Waals surface area contributed by atoms with Crippen molar-refractivity contribution in [3.05, 3.63) is 47.5 Å². The number of aromatic amines is 1. The van der Waals surface area contributed by atoms with Crippen molar-refractivity contribution >= 4 is 17.7 Å². The van der Waals surface area contributed by atoms with Crippen LogP contribution in [0.1, 0.15) is 21.7 Å². The van der Waals surface area contributed by atoms with E-state index < -0.39 is 5.97 Å². The first-order valence-corrected chi connectivity index (χ1v) is 5.93. The predicted octanol–water partition coefficient (Wildman–Crippen LogP) is 1.74. The van der Waals surface area contributed by atoms with Crippen molar-refractivity contribution < 1.29 is 14.7 Å². The number of carboxylic acids is 1. The Balaban J connectivity index is 1.94. The minimum atomic E-state index is -0.990. The first-order chi connectivity index (χ1) is 9.56. The zero-order valence-electron chi connectivity index (χ0n) is 10.8. The fourth-order valence-electron chi connectivity index (χ4n) is 1.72. The summed E-state index contributed by atoms with van der Waals surface area (Å²) in [5.41, 5.74) is 1.33. The maximum atomic E-state index is 11.7. The summed E-state index contributed by atoms with van der Waals surface area (Å²) in [4.78, 5) is 29.4. The molecule has 1 heterocycles. The number of anilines is 1. The lowest BCUT2D eigenvalue weighted by atomic mass is 10.1. The van der Waals surface area contributed by atoms with Crippen LogP contribution < -0.4 is 10.6 Å². The van der Waals surface area contributed by atoms with Crippen molar-refractivity contribution in [2.24, 2.45) is 0 Å². The van der Waals surface area contributed by atoms with Crippen molar-refractivity contribution in [1.29, 1.82) is 0 Å². The number of aromatic nitrogens is 2. The van der Waals surface area contributed by atoms with Gasteiger partial charge in [0.2, 0.25) is 0 Å². The number of carbonyl (C=O) groups excluding carboxylic acids is 1. The Morgan fingerprint density at radius 2 is 2.20 bits per heavy atom. The highest BCUT2D eigenvalue weighted by atomic mass is 16.4. The Labute approximate surface area is 115 Å². The number of nitrogens with one attached hydrogen (secondary N) is 3. The second-order valence-electron chi connectivity index (χ2n) is 4.18. The maximum absolute atomic E-state index is 11.7. The molecule has 0 saturated carbocycles. The Kier molecular flexibility index (Phi) is 3.99. The van der Waals surface area contributed by atoms with Crippen LogP contribution in [0.4, 0.5) is 10.5 Å². The number of carboxylic acid groups (broad SMARTS) is 1. The quantitative estimate of drug-likeness (QED) is 0.681. The third-order valence-corrected chi connectivity index (χ3v) is 2.69. The highest BCUT2D eigenvalue weighted by Gasteiger charge is 2.08. The number of benzene rings is 1. The van der Waals surface area contributed by atoms with Gasteiger partial charge in [-0.2, -0.15) is 0 Å². The number of urea groups is 1. The molecule has 2 amide bonds. The molecule has 0 aliphatic carbocycles. The van der Waals surface area contributed by atoms with Gasteiger partial charge in [0.05, 0.1) is 12.1 Å². The summed E-state index contributed by atoms with van der Waals surface area (Å²) in [6, 6.07) is 4.22. The molecule has 7 heteroatoms. The largest absolute Gasteiger partial charge is 0.478 e. The number of aromatic carboxylic acids is 1. The van der Waals surface area contributed by atoms with Gasteiger partial charge in [-0.05, 0) is 30.7 Å². The summed E-state index contributed by atoms with van der Waals surface area (Å²) in [5.74, 6) is -0.339. The Bertz CT molecular complexity index is 623. The number of hydrogen-bond donors (Lipinski definition) is 4. The first-order valence-electron chi connectivity index (χ1n) is 5.93. The van der Waals surface area contributed by atoms with Crippen molar-refractivity contribution in [1.82, 2.24) is 15.3 Å². The third-order valence-electron chi connectivity index (χ3n) is 2.69. The molecule has 0 fully saturated rings. The second kappa shape index (κ2) is 5.87. The van der Waals surface area contributed by atoms with E-state index in [-0.39, 0.29) is 18.1 Å². The summed E-state index contributed by atoms with van der Waals surface area (Å²) >= 11 is 0. The molecule has 1 aromatic carbocycles. The second-order valence-corrected chi connectivity index (χ2v) is 4.18. The van der Waals surface area contributed by atoms with E-state index in [0.717, 1.165) is 0 Å². The van der Waals surface area contributed by atoms with Gasteiger partial charge in [-0.25, -0.2) is 14.6 Å². The van der Waals surface area contributed by atoms with Crippen LogP contribution in [0.2, 0.25) is 0 Å². The minimum absolute atomic E-state index is 0.214. The number of rotatable bonds is 4. The summed E-state index contributed by atoms with van der Waals surface area (Å²) in [7, 11) is 0. The van der Waals surface area contributed by atoms with Gasteiger partial charge in [0.1, 0.15) is 5.82 Å². The highest BCUT2D eigenvalue weighted by Crippen LogP contribution is 2.15. The van der Waals surface area contributed by atoms with Crippen LogP contribution >= 0.6 is 0 Å². The summed E-state index contributed by atoms with van der Waals surface area (Å²) in [6.07, 6.45) is 3.27. The van der Waals surface area contributed by atoms with E-state index in [9.17, 15) is 9.59 Å². The number of amides is 2. The van der Waals surface area contributed by atoms with Gasteiger partial charge in [0.15, 0.2) is 0 Å². The number of imidazole rings is 1. The summed E-state index contributed by atoms with van der Waals surface area (Å²) in [6.45, 7) is 1.96. The molecular weight excluding hydrogens is 260 g/mol. The molecule has 0 bridgehead atoms. The SMILES string of the molecule is Cc1cc(NC(=O)NCc2ncc[nH]2)ccc1C(=O)O. The van der Waals surface area contributed by atoms with E-state index in [1.165, 1.54) is 6.07 Å². The molecule has 0 aliphatic heterocycles. The molecule has 4 N–H and O–H groups in total. The molecule has 1 aromatic heterocycles. The molecule has 2 rings (SSSR count). The van der Waals surface area contributed by atoms with Gasteiger partial charge in [0, 0.05) is 18.1 Å². The van der Waals surface area contributed by atoms with Gasteiger partial charge in [0.25, 0.3) is 0 Å². The van der Waals surface area contributed by atoms with Crippen molar-refractivity contribution in [3.63, 3.8) is 0 Å². The summed E-state index contributed by atoms with van der Waals surface area (Å²) in [5, 5.41) is 14.2. The fourth-order valence-corrected chi connectivity index (χ4v) is 1.72. The van der Waals surface area contributed by atoms with Crippen LogP contribution in [0.25, 0.3) is 0 Å². The molecule has 7 nitrogen and oxygen atoms in total. The van der Waals surface area contributed by atoms with Crippen molar-refractivity contribution in [2.75, 3.05) is 5.32 Å². The molecular formula is C13H14N4O3. The molecule has 20 heavy (non-hydrogen) atoms. The molecule has 0 atom stereocenters. The zero-order chi connectivity index (χ0) is 14.5. The Hall–Kier alpha value is -2.83. The van der Waals surface area contributed by atoms with Gasteiger partial charge < -0.3 is 20.7 Å². The molecule has 2 aromatic rings. The first kappa shape index (κ1) is 13.6. The maximum Gasteiger partial charge on any atom is 0.335 e. The van der Waals surface area contributed by atoms with E-state index in [4.69, 9.17) is 5.11 Å². The van der Waals surface area contributed by atoms with Gasteiger partial charge in [-0.3, -0.25) is 0 Å². The van der Waals surface area contributed by atoms with E-state index in [1.807, 2.05) is 0 Å². The standard InChI is InChI=1S/C13H14N4O3/c1-8-6-9(2-3-10(8)12(18)19)17-13(20)16-7-11-14-4-5-15-11/h2-6H,7H2,1H3,(H,14,15)(H,18,19)(H2,16,17,20). The van der Waals surface area contributed by atoms with E-state index >= 15 is 0 Å². The smallest absolute Gasteiger partial charge is 0.335 e. The van der Waals surface area contributed by atoms with Crippen LogP contribution in [-0.4, -0.2) is 27.1 Å². The molecule has 0 aliphatic rings. The van der Waals surface area contributed by atoms with E-state index in [0.29, 0.717) is 17.1 Å². The van der Waals surface area contributed by atoms with Gasteiger partial charge >= 0.3 is 12.0 Å². The molecule has 0 spiro atoms. The number of carbonyl (C=O) groups is 2. The normalized spacial score (nSPS) is 10.1. The number of H-pyrrole nitrogens is 1. The minimum Gasteiger partial charge on any atom is -0.478 e. The molecule has 0 saturated heterocycles. The van der Waals surface area contributed by atoms with Crippen LogP contribution in [0, 0.1) is 6.92 Å². The lowest BCUT2D eigenvalue weighted by Gasteiger charge is -2.08. The molecule has 0 radical (unpaired) electrons. The van der Waals surface area contributed by atoms with E-state index in [2.05, 4.69) is 20.6 Å². The van der Waals surface area contributed by atoms with Crippen LogP contribution in [0.3, 0.4) is 0 Å². The van der Waals surface area contributed by atoms with Crippen molar-refractivity contribution in [3.8, 4) is 0 Å². The van der Waals surface area contributed by atoms with Crippen LogP contribution in [-0.2, 0) is 6.54 Å². The average molecular weight is 274 g/mol. The fraction of sp³-hybridized carbons (Fsp3) is 0.154. The third kappa shape index (κ3) is 3.35. The summed E-state index contributed by atoms with van der Waals surface area (Å²) < 4.78 is 0. The topological polar surface area (TPSA) is 107 Å². The van der Waals surface area contributed by atoms with E-state index in [1.54, 1.807) is 31.5 Å².